The van der Waals surface area contributed by atoms with E-state index in [0.717, 1.165) is 42.6 Å². The molecule has 1 amide bonds. The fraction of sp³-hybridized carbons (Fsp3) is 0.367. The van der Waals surface area contributed by atoms with Gasteiger partial charge >= 0.3 is 0 Å². The van der Waals surface area contributed by atoms with Crippen molar-refractivity contribution in [2.75, 3.05) is 25.0 Å². The molecule has 2 heterocycles. The molecule has 194 valence electrons. The van der Waals surface area contributed by atoms with E-state index < -0.39 is 6.29 Å². The molecule has 37 heavy (non-hydrogen) atoms. The molecule has 0 aliphatic carbocycles. The number of carbonyl (C=O) groups is 1. The maximum atomic E-state index is 12.5. The zero-order valence-corrected chi connectivity index (χ0v) is 20.8. The van der Waals surface area contributed by atoms with Crippen LogP contribution in [0.2, 0.25) is 0 Å². The molecular formula is C30H34N2O5. The van der Waals surface area contributed by atoms with Crippen molar-refractivity contribution in [2.24, 2.45) is 0 Å². The molecule has 0 unspecified atom stereocenters. The first-order chi connectivity index (χ1) is 18.1. The molecular weight excluding hydrogens is 468 g/mol. The molecule has 5 rings (SSSR count). The van der Waals surface area contributed by atoms with Crippen molar-refractivity contribution in [3.8, 4) is 0 Å². The summed E-state index contributed by atoms with van der Waals surface area (Å²) < 4.78 is 12.9. The van der Waals surface area contributed by atoms with Gasteiger partial charge in [-0.05, 0) is 54.8 Å². The predicted octanol–water partition coefficient (Wildman–Crippen LogP) is 4.43. The van der Waals surface area contributed by atoms with E-state index in [1.807, 2.05) is 66.7 Å². The number of nitrogens with one attached hydrogen (secondary N) is 1. The Kier molecular flexibility index (Phi) is 8.28. The van der Waals surface area contributed by atoms with Gasteiger partial charge in [0.15, 0.2) is 6.29 Å². The summed E-state index contributed by atoms with van der Waals surface area (Å²) in [6.07, 6.45) is 2.01. The fourth-order valence-electron chi connectivity index (χ4n) is 5.15. The molecule has 4 atom stereocenters. The van der Waals surface area contributed by atoms with Crippen molar-refractivity contribution >= 4 is 11.6 Å². The molecule has 0 spiro atoms. The van der Waals surface area contributed by atoms with E-state index in [4.69, 9.17) is 9.47 Å². The first-order valence-corrected chi connectivity index (χ1v) is 12.9. The van der Waals surface area contributed by atoms with Gasteiger partial charge in [0, 0.05) is 35.8 Å². The monoisotopic (exact) mass is 502 g/mol. The first-order valence-electron chi connectivity index (χ1n) is 12.9. The molecule has 7 nitrogen and oxygen atoms in total. The summed E-state index contributed by atoms with van der Waals surface area (Å²) in [4.78, 5) is 14.8. The van der Waals surface area contributed by atoms with E-state index in [2.05, 4.69) is 10.2 Å². The average molecular weight is 503 g/mol. The third kappa shape index (κ3) is 6.26. The van der Waals surface area contributed by atoms with E-state index in [0.29, 0.717) is 17.7 Å². The molecule has 7 heteroatoms. The van der Waals surface area contributed by atoms with Crippen molar-refractivity contribution in [2.45, 2.75) is 50.4 Å². The van der Waals surface area contributed by atoms with Crippen LogP contribution >= 0.6 is 0 Å². The summed E-state index contributed by atoms with van der Waals surface area (Å²) in [6.45, 7) is 1.86. The Morgan fingerprint density at radius 3 is 2.35 bits per heavy atom. The molecule has 3 aromatic carbocycles. The lowest BCUT2D eigenvalue weighted by Crippen LogP contribution is -2.42. The average Bonchev–Trinajstić information content (AvgIpc) is 3.40. The highest BCUT2D eigenvalue weighted by Crippen LogP contribution is 2.39. The van der Waals surface area contributed by atoms with Gasteiger partial charge in [-0.1, -0.05) is 54.6 Å². The van der Waals surface area contributed by atoms with Gasteiger partial charge in [-0.25, -0.2) is 0 Å². The van der Waals surface area contributed by atoms with Gasteiger partial charge in [-0.3, -0.25) is 9.69 Å². The van der Waals surface area contributed by atoms with Gasteiger partial charge in [0.1, 0.15) is 0 Å². The number of anilines is 1. The lowest BCUT2D eigenvalue weighted by atomic mass is 9.99. The summed E-state index contributed by atoms with van der Waals surface area (Å²) in [5.74, 6) is -0.158. The van der Waals surface area contributed by atoms with Crippen molar-refractivity contribution in [3.05, 3.63) is 101 Å². The van der Waals surface area contributed by atoms with Crippen molar-refractivity contribution in [1.29, 1.82) is 0 Å². The van der Waals surface area contributed by atoms with Crippen LogP contribution in [0.15, 0.2) is 78.9 Å². The van der Waals surface area contributed by atoms with Crippen LogP contribution in [-0.4, -0.2) is 52.9 Å². The molecule has 0 aromatic heterocycles. The lowest BCUT2D eigenvalue weighted by molar-refractivity contribution is -0.253. The van der Waals surface area contributed by atoms with Crippen LogP contribution in [0, 0.1) is 0 Å². The van der Waals surface area contributed by atoms with Gasteiger partial charge in [-0.2, -0.15) is 0 Å². The minimum atomic E-state index is -0.560. The normalized spacial score (nSPS) is 24.2. The number of likely N-dealkylation sites (tertiary alicyclic amines) is 1. The standard InChI is InChI=1S/C30H34N2O5/c33-19-21-8-10-22(11-9-21)28-17-27(18-32-16-4-7-26(32)20-34)36-30(37-28)24-12-14-25(15-13-24)31-29(35)23-5-2-1-3-6-23/h1-3,5-6,8-15,26-28,30,33-34H,4,7,16-20H2,(H,31,35)/t26-,27-,28+,30+/m0/s1. The quantitative estimate of drug-likeness (QED) is 0.422. The second-order valence-electron chi connectivity index (χ2n) is 9.77. The number of amides is 1. The summed E-state index contributed by atoms with van der Waals surface area (Å²) in [6, 6.07) is 24.7. The highest BCUT2D eigenvalue weighted by molar-refractivity contribution is 6.04. The van der Waals surface area contributed by atoms with E-state index in [9.17, 15) is 15.0 Å². The van der Waals surface area contributed by atoms with Crippen molar-refractivity contribution in [3.63, 3.8) is 0 Å². The second kappa shape index (κ2) is 12.0. The van der Waals surface area contributed by atoms with Crippen LogP contribution in [0.3, 0.4) is 0 Å². The zero-order valence-electron chi connectivity index (χ0n) is 20.8. The number of hydrogen-bond donors (Lipinski definition) is 3. The molecule has 0 saturated carbocycles. The number of aliphatic hydroxyl groups is 2. The van der Waals surface area contributed by atoms with Crippen LogP contribution in [0.25, 0.3) is 0 Å². The van der Waals surface area contributed by atoms with Gasteiger partial charge in [0.05, 0.1) is 25.4 Å². The number of rotatable bonds is 8. The van der Waals surface area contributed by atoms with Crippen LogP contribution in [0.4, 0.5) is 5.69 Å². The molecule has 2 fully saturated rings. The van der Waals surface area contributed by atoms with E-state index >= 15 is 0 Å². The number of carbonyl (C=O) groups excluding carboxylic acids is 1. The number of ether oxygens (including phenoxy) is 2. The third-order valence-corrected chi connectivity index (χ3v) is 7.24. The Bertz CT molecular complexity index is 1150. The van der Waals surface area contributed by atoms with Crippen LogP contribution in [-0.2, 0) is 16.1 Å². The van der Waals surface area contributed by atoms with Gasteiger partial charge in [0.2, 0.25) is 0 Å². The SMILES string of the molecule is O=C(Nc1ccc([C@@H]2O[C@H](CN3CCC[C@H]3CO)C[C@H](c3ccc(CO)cc3)O2)cc1)c1ccccc1. The lowest BCUT2D eigenvalue weighted by Gasteiger charge is -2.38. The highest BCUT2D eigenvalue weighted by Gasteiger charge is 2.35. The van der Waals surface area contributed by atoms with Crippen LogP contribution < -0.4 is 5.32 Å². The molecule has 3 N–H and O–H groups in total. The molecule has 2 aliphatic heterocycles. The van der Waals surface area contributed by atoms with E-state index in [-0.39, 0.29) is 37.4 Å². The van der Waals surface area contributed by atoms with Gasteiger partial charge in [-0.15, -0.1) is 0 Å². The Balaban J connectivity index is 1.32. The number of hydrogen-bond acceptors (Lipinski definition) is 6. The smallest absolute Gasteiger partial charge is 0.255 e. The fourth-order valence-corrected chi connectivity index (χ4v) is 5.15. The summed E-state index contributed by atoms with van der Waals surface area (Å²) in [5, 5.41) is 22.1. The summed E-state index contributed by atoms with van der Waals surface area (Å²) >= 11 is 0. The highest BCUT2D eigenvalue weighted by atomic mass is 16.7. The molecule has 3 aromatic rings. The predicted molar refractivity (Wildman–Crippen MR) is 141 cm³/mol. The van der Waals surface area contributed by atoms with Crippen LogP contribution in [0.1, 0.15) is 58.7 Å². The Hall–Kier alpha value is -3.07. The minimum Gasteiger partial charge on any atom is -0.395 e. The van der Waals surface area contributed by atoms with E-state index in [1.54, 1.807) is 12.1 Å². The second-order valence-corrected chi connectivity index (χ2v) is 9.77. The first kappa shape index (κ1) is 25.6. The molecule has 0 bridgehead atoms. The van der Waals surface area contributed by atoms with Gasteiger partial charge < -0.3 is 25.0 Å². The third-order valence-electron chi connectivity index (χ3n) is 7.24. The van der Waals surface area contributed by atoms with E-state index in [1.165, 1.54) is 0 Å². The Morgan fingerprint density at radius 2 is 1.65 bits per heavy atom. The maximum Gasteiger partial charge on any atom is 0.255 e. The number of nitrogens with zero attached hydrogens (tertiary/aromatic N) is 1. The van der Waals surface area contributed by atoms with Crippen LogP contribution in [0.5, 0.6) is 0 Å². The zero-order chi connectivity index (χ0) is 25.6. The Labute approximate surface area is 217 Å². The summed E-state index contributed by atoms with van der Waals surface area (Å²) in [7, 11) is 0. The Morgan fingerprint density at radius 1 is 0.919 bits per heavy atom. The summed E-state index contributed by atoms with van der Waals surface area (Å²) in [5.41, 5.74) is 4.08. The molecule has 2 saturated heterocycles. The topological polar surface area (TPSA) is 91.3 Å². The largest absolute Gasteiger partial charge is 0.395 e. The maximum absolute atomic E-state index is 12.5. The molecule has 2 aliphatic rings. The minimum absolute atomic E-state index is 0.00479. The number of benzene rings is 3. The molecule has 0 radical (unpaired) electrons. The van der Waals surface area contributed by atoms with Crippen molar-refractivity contribution < 1.29 is 24.5 Å². The van der Waals surface area contributed by atoms with Crippen molar-refractivity contribution in [1.82, 2.24) is 4.90 Å². The van der Waals surface area contributed by atoms with Gasteiger partial charge in [0.25, 0.3) is 5.91 Å². The number of aliphatic hydroxyl groups excluding tert-OH is 2.